The number of nitrogens with one attached hydrogen (secondary N) is 3. The highest BCUT2D eigenvalue weighted by atomic mass is 35.5. The molecule has 3 aromatic rings. The van der Waals surface area contributed by atoms with E-state index in [-0.39, 0.29) is 39.6 Å². The number of Topliss-reactive ketones (excluding diaryl/α,β-unsaturated/α-hetero) is 1. The number of carbonyl (C=O) groups is 1. The van der Waals surface area contributed by atoms with Crippen molar-refractivity contribution in [3.05, 3.63) is 64.8 Å². The summed E-state index contributed by atoms with van der Waals surface area (Å²) in [7, 11) is -3.77. The molecular formula is C21H20ClF2N5O3S. The van der Waals surface area contributed by atoms with Crippen molar-refractivity contribution < 1.29 is 22.0 Å². The molecule has 0 aliphatic rings. The molecule has 0 saturated heterocycles. The first-order valence-corrected chi connectivity index (χ1v) is 12.0. The second-order valence-corrected chi connectivity index (χ2v) is 9.20. The molecule has 2 aromatic carbocycles. The number of sulfonamides is 1. The number of benzene rings is 2. The molecule has 3 N–H and O–H groups in total. The number of rotatable bonds is 9. The summed E-state index contributed by atoms with van der Waals surface area (Å²) in [5.41, 5.74) is 0.0439. The Kier molecular flexibility index (Phi) is 7.44. The summed E-state index contributed by atoms with van der Waals surface area (Å²) in [5, 5.41) is 5.49. The van der Waals surface area contributed by atoms with Gasteiger partial charge in [0.2, 0.25) is 16.0 Å². The summed E-state index contributed by atoms with van der Waals surface area (Å²) in [6.45, 7) is 1.87. The Balaban J connectivity index is 1.91. The molecule has 0 saturated carbocycles. The van der Waals surface area contributed by atoms with Crippen LogP contribution in [0.4, 0.5) is 37.6 Å². The Morgan fingerprint density at radius 2 is 1.85 bits per heavy atom. The molecule has 0 amide bonds. The van der Waals surface area contributed by atoms with Crippen LogP contribution in [0.25, 0.3) is 0 Å². The summed E-state index contributed by atoms with van der Waals surface area (Å²) in [6, 6.07) is 7.80. The summed E-state index contributed by atoms with van der Waals surface area (Å²) in [5.74, 6) is -1.62. The van der Waals surface area contributed by atoms with Crippen molar-refractivity contribution in [2.45, 2.75) is 19.8 Å². The van der Waals surface area contributed by atoms with E-state index in [1.807, 2.05) is 6.92 Å². The molecule has 0 spiro atoms. The van der Waals surface area contributed by atoms with E-state index in [1.165, 1.54) is 30.5 Å². The second kappa shape index (κ2) is 10.1. The van der Waals surface area contributed by atoms with Gasteiger partial charge >= 0.3 is 0 Å². The van der Waals surface area contributed by atoms with Gasteiger partial charge in [-0.25, -0.2) is 22.2 Å². The molecule has 0 aliphatic heterocycles. The van der Waals surface area contributed by atoms with Gasteiger partial charge in [-0.3, -0.25) is 9.52 Å². The van der Waals surface area contributed by atoms with E-state index in [0.29, 0.717) is 18.4 Å². The zero-order valence-electron chi connectivity index (χ0n) is 17.6. The molecule has 0 fully saturated rings. The largest absolute Gasteiger partial charge is 0.337 e. The van der Waals surface area contributed by atoms with Crippen LogP contribution in [-0.2, 0) is 10.0 Å². The van der Waals surface area contributed by atoms with Gasteiger partial charge in [0.1, 0.15) is 22.3 Å². The molecule has 174 valence electrons. The minimum atomic E-state index is -3.77. The highest BCUT2D eigenvalue weighted by Gasteiger charge is 2.16. The molecule has 12 heteroatoms. The van der Waals surface area contributed by atoms with Crippen LogP contribution in [0, 0.1) is 11.6 Å². The fraction of sp³-hybridized carbons (Fsp3) is 0.190. The number of halogens is 3. The molecule has 33 heavy (non-hydrogen) atoms. The molecule has 0 unspecified atom stereocenters. The Morgan fingerprint density at radius 1 is 1.09 bits per heavy atom. The SMILES string of the molecule is CCCC(=O)c1ccc(F)c(Nc2ncc(Cl)c(Nc3cccc(F)c3NS(C)(=O)=O)n2)c1. The first-order chi connectivity index (χ1) is 15.6. The summed E-state index contributed by atoms with van der Waals surface area (Å²) in [4.78, 5) is 20.3. The molecule has 1 heterocycles. The van der Waals surface area contributed by atoms with Crippen LogP contribution in [0.5, 0.6) is 0 Å². The van der Waals surface area contributed by atoms with Crippen LogP contribution in [0.1, 0.15) is 30.1 Å². The maximum atomic E-state index is 14.3. The quantitative estimate of drug-likeness (QED) is 0.347. The number of anilines is 5. The fourth-order valence-corrected chi connectivity index (χ4v) is 3.56. The number of nitrogens with zero attached hydrogens (tertiary/aromatic N) is 2. The molecular weight excluding hydrogens is 476 g/mol. The Bertz CT molecular complexity index is 1310. The number of carbonyl (C=O) groups excluding carboxylic acids is 1. The number of ketones is 1. The average Bonchev–Trinajstić information content (AvgIpc) is 2.74. The smallest absolute Gasteiger partial charge is 0.229 e. The van der Waals surface area contributed by atoms with Gasteiger partial charge in [-0.1, -0.05) is 24.6 Å². The first-order valence-electron chi connectivity index (χ1n) is 9.73. The van der Waals surface area contributed by atoms with Crippen molar-refractivity contribution in [3.63, 3.8) is 0 Å². The van der Waals surface area contributed by atoms with Crippen molar-refractivity contribution in [1.29, 1.82) is 0 Å². The molecule has 0 atom stereocenters. The van der Waals surface area contributed by atoms with E-state index in [2.05, 4.69) is 25.3 Å². The van der Waals surface area contributed by atoms with E-state index in [1.54, 1.807) is 0 Å². The Morgan fingerprint density at radius 3 is 2.55 bits per heavy atom. The lowest BCUT2D eigenvalue weighted by Crippen LogP contribution is -2.13. The van der Waals surface area contributed by atoms with Crippen molar-refractivity contribution in [2.24, 2.45) is 0 Å². The van der Waals surface area contributed by atoms with Crippen LogP contribution in [0.3, 0.4) is 0 Å². The highest BCUT2D eigenvalue weighted by Crippen LogP contribution is 2.31. The maximum Gasteiger partial charge on any atom is 0.229 e. The number of para-hydroxylation sites is 1. The first kappa shape index (κ1) is 24.3. The van der Waals surface area contributed by atoms with Gasteiger partial charge in [-0.05, 0) is 36.8 Å². The number of aromatic nitrogens is 2. The molecule has 1 aromatic heterocycles. The van der Waals surface area contributed by atoms with Crippen molar-refractivity contribution in [3.8, 4) is 0 Å². The van der Waals surface area contributed by atoms with Gasteiger partial charge < -0.3 is 10.6 Å². The van der Waals surface area contributed by atoms with Crippen molar-refractivity contribution in [1.82, 2.24) is 9.97 Å². The highest BCUT2D eigenvalue weighted by molar-refractivity contribution is 7.92. The van der Waals surface area contributed by atoms with Gasteiger partial charge in [0, 0.05) is 12.0 Å². The maximum absolute atomic E-state index is 14.3. The van der Waals surface area contributed by atoms with Crippen LogP contribution in [-0.4, -0.2) is 30.4 Å². The predicted molar refractivity (Wildman–Crippen MR) is 124 cm³/mol. The number of hydrogen-bond acceptors (Lipinski definition) is 7. The van der Waals surface area contributed by atoms with E-state index in [4.69, 9.17) is 11.6 Å². The lowest BCUT2D eigenvalue weighted by molar-refractivity contribution is 0.0981. The minimum absolute atomic E-state index is 0.00920. The van der Waals surface area contributed by atoms with E-state index in [9.17, 15) is 22.0 Å². The van der Waals surface area contributed by atoms with Crippen molar-refractivity contribution >= 4 is 56.2 Å². The molecule has 0 radical (unpaired) electrons. The number of hydrogen-bond donors (Lipinski definition) is 3. The summed E-state index contributed by atoms with van der Waals surface area (Å²) < 4.78 is 53.9. The summed E-state index contributed by atoms with van der Waals surface area (Å²) >= 11 is 6.14. The molecule has 0 aliphatic carbocycles. The topological polar surface area (TPSA) is 113 Å². The normalized spacial score (nSPS) is 11.2. The lowest BCUT2D eigenvalue weighted by atomic mass is 10.1. The Hall–Kier alpha value is -3.31. The van der Waals surface area contributed by atoms with Gasteiger partial charge in [-0.15, -0.1) is 0 Å². The van der Waals surface area contributed by atoms with E-state index >= 15 is 0 Å². The van der Waals surface area contributed by atoms with Crippen LogP contribution in [0.15, 0.2) is 42.6 Å². The van der Waals surface area contributed by atoms with Gasteiger partial charge in [0.15, 0.2) is 11.6 Å². The summed E-state index contributed by atoms with van der Waals surface area (Å²) in [6.07, 6.45) is 3.10. The third-order valence-corrected chi connectivity index (χ3v) is 5.16. The van der Waals surface area contributed by atoms with Gasteiger partial charge in [0.05, 0.1) is 23.8 Å². The molecule has 8 nitrogen and oxygen atoms in total. The fourth-order valence-electron chi connectivity index (χ4n) is 2.85. The van der Waals surface area contributed by atoms with Gasteiger partial charge in [-0.2, -0.15) is 4.98 Å². The van der Waals surface area contributed by atoms with Crippen LogP contribution in [0.2, 0.25) is 5.02 Å². The van der Waals surface area contributed by atoms with Crippen molar-refractivity contribution in [2.75, 3.05) is 21.6 Å². The Labute approximate surface area is 194 Å². The lowest BCUT2D eigenvalue weighted by Gasteiger charge is -2.15. The average molecular weight is 496 g/mol. The van der Waals surface area contributed by atoms with E-state index in [0.717, 1.165) is 18.4 Å². The third kappa shape index (κ3) is 6.36. The third-order valence-electron chi connectivity index (χ3n) is 4.31. The predicted octanol–water partition coefficient (Wildman–Crippen LogP) is 5.25. The van der Waals surface area contributed by atoms with E-state index < -0.39 is 21.7 Å². The minimum Gasteiger partial charge on any atom is -0.337 e. The molecule has 3 rings (SSSR count). The molecule has 0 bridgehead atoms. The second-order valence-electron chi connectivity index (χ2n) is 7.04. The monoisotopic (exact) mass is 495 g/mol. The standard InChI is InChI=1S/C21H20ClF2N5O3S/c1-3-5-18(30)12-8-9-14(23)17(10-12)27-21-25-11-13(22)20(28-21)26-16-7-4-6-15(24)19(16)29-33(2,31)32/h4,6-11,29H,3,5H2,1-2H3,(H2,25,26,27,28). The van der Waals surface area contributed by atoms with Crippen LogP contribution >= 0.6 is 11.6 Å². The van der Waals surface area contributed by atoms with Crippen LogP contribution < -0.4 is 15.4 Å². The van der Waals surface area contributed by atoms with Gasteiger partial charge in [0.25, 0.3) is 0 Å². The zero-order valence-corrected chi connectivity index (χ0v) is 19.2. The zero-order chi connectivity index (χ0) is 24.2.